The molecular formula is C12H10N4S. The molecule has 0 atom stereocenters. The van der Waals surface area contributed by atoms with E-state index in [4.69, 9.17) is 5.73 Å². The Morgan fingerprint density at radius 2 is 2.06 bits per heavy atom. The molecule has 0 aliphatic carbocycles. The molecule has 0 aliphatic heterocycles. The van der Waals surface area contributed by atoms with E-state index in [0.717, 1.165) is 15.3 Å². The molecule has 0 aliphatic rings. The van der Waals surface area contributed by atoms with Crippen LogP contribution < -0.4 is 11.1 Å². The molecule has 0 bridgehead atoms. The van der Waals surface area contributed by atoms with Gasteiger partial charge in [0, 0.05) is 18.0 Å². The second-order valence-electron chi connectivity index (χ2n) is 3.59. The molecule has 3 rings (SSSR count). The lowest BCUT2D eigenvalue weighted by Crippen LogP contribution is -1.94. The number of anilines is 3. The van der Waals surface area contributed by atoms with Crippen molar-refractivity contribution in [1.29, 1.82) is 0 Å². The molecule has 0 saturated heterocycles. The highest BCUT2D eigenvalue weighted by Gasteiger charge is 2.03. The average molecular weight is 242 g/mol. The first-order valence-electron chi connectivity index (χ1n) is 5.15. The zero-order chi connectivity index (χ0) is 11.7. The number of hydrogen-bond acceptors (Lipinski definition) is 5. The van der Waals surface area contributed by atoms with Crippen LogP contribution in [0.5, 0.6) is 0 Å². The van der Waals surface area contributed by atoms with Gasteiger partial charge >= 0.3 is 0 Å². The number of rotatable bonds is 2. The Labute approximate surface area is 102 Å². The van der Waals surface area contributed by atoms with E-state index in [1.165, 1.54) is 0 Å². The van der Waals surface area contributed by atoms with Crippen LogP contribution in [-0.2, 0) is 0 Å². The minimum Gasteiger partial charge on any atom is -0.399 e. The zero-order valence-corrected chi connectivity index (χ0v) is 9.74. The Balaban J connectivity index is 1.94. The zero-order valence-electron chi connectivity index (χ0n) is 8.92. The van der Waals surface area contributed by atoms with Gasteiger partial charge in [0.2, 0.25) is 0 Å². The van der Waals surface area contributed by atoms with Crippen LogP contribution in [0.2, 0.25) is 0 Å². The van der Waals surface area contributed by atoms with Gasteiger partial charge in [-0.2, -0.15) is 0 Å². The van der Waals surface area contributed by atoms with E-state index in [1.807, 2.05) is 24.3 Å². The van der Waals surface area contributed by atoms with Gasteiger partial charge in [-0.1, -0.05) is 23.5 Å². The average Bonchev–Trinajstić information content (AvgIpc) is 2.71. The number of hydrogen-bond donors (Lipinski definition) is 2. The van der Waals surface area contributed by atoms with Crippen molar-refractivity contribution < 1.29 is 0 Å². The summed E-state index contributed by atoms with van der Waals surface area (Å²) in [5.74, 6) is 0.712. The molecule has 0 unspecified atom stereocenters. The third-order valence-electron chi connectivity index (χ3n) is 2.31. The fourth-order valence-electron chi connectivity index (χ4n) is 1.55. The Hall–Kier alpha value is -2.14. The molecule has 0 saturated carbocycles. The second-order valence-corrected chi connectivity index (χ2v) is 4.62. The summed E-state index contributed by atoms with van der Waals surface area (Å²) in [6.45, 7) is 0. The maximum Gasteiger partial charge on any atom is 0.189 e. The number of nitrogens with two attached hydrogens (primary N) is 1. The summed E-state index contributed by atoms with van der Waals surface area (Å²) < 4.78 is 1.15. The fraction of sp³-hybridized carbons (Fsp3) is 0. The van der Waals surface area contributed by atoms with Crippen molar-refractivity contribution in [2.45, 2.75) is 0 Å². The van der Waals surface area contributed by atoms with Crippen LogP contribution in [0, 0.1) is 0 Å². The minimum absolute atomic E-state index is 0.684. The Morgan fingerprint density at radius 3 is 2.88 bits per heavy atom. The van der Waals surface area contributed by atoms with Gasteiger partial charge in [0.25, 0.3) is 0 Å². The largest absolute Gasteiger partial charge is 0.399 e. The number of aromatic nitrogens is 2. The quantitative estimate of drug-likeness (QED) is 0.725. The first kappa shape index (κ1) is 10.0. The minimum atomic E-state index is 0.684. The molecule has 17 heavy (non-hydrogen) atoms. The summed E-state index contributed by atoms with van der Waals surface area (Å²) in [5.41, 5.74) is 7.36. The van der Waals surface area contributed by atoms with Crippen molar-refractivity contribution in [3.8, 4) is 0 Å². The first-order valence-corrected chi connectivity index (χ1v) is 5.97. The Morgan fingerprint density at radius 1 is 1.18 bits per heavy atom. The maximum atomic E-state index is 5.69. The van der Waals surface area contributed by atoms with Crippen LogP contribution in [-0.4, -0.2) is 9.97 Å². The highest BCUT2D eigenvalue weighted by Crippen LogP contribution is 2.27. The highest BCUT2D eigenvalue weighted by molar-refractivity contribution is 7.22. The summed E-state index contributed by atoms with van der Waals surface area (Å²) in [4.78, 5) is 8.64. The predicted octanol–water partition coefficient (Wildman–Crippen LogP) is 3.02. The summed E-state index contributed by atoms with van der Waals surface area (Å²) in [5, 5.41) is 3.97. The molecule has 0 fully saturated rings. The normalized spacial score (nSPS) is 10.6. The molecule has 2 heterocycles. The highest BCUT2D eigenvalue weighted by atomic mass is 32.1. The van der Waals surface area contributed by atoms with Gasteiger partial charge in [0.15, 0.2) is 5.13 Å². The maximum absolute atomic E-state index is 5.69. The van der Waals surface area contributed by atoms with Gasteiger partial charge in [-0.05, 0) is 18.2 Å². The topological polar surface area (TPSA) is 63.8 Å². The van der Waals surface area contributed by atoms with Crippen molar-refractivity contribution in [2.24, 2.45) is 0 Å². The van der Waals surface area contributed by atoms with Crippen LogP contribution in [0.25, 0.3) is 10.2 Å². The lowest BCUT2D eigenvalue weighted by atomic mass is 10.3. The number of nitrogen functional groups attached to an aromatic ring is 1. The number of para-hydroxylation sites is 1. The van der Waals surface area contributed by atoms with E-state index in [0.29, 0.717) is 11.5 Å². The van der Waals surface area contributed by atoms with E-state index in [9.17, 15) is 0 Å². The van der Waals surface area contributed by atoms with Crippen LogP contribution in [0.1, 0.15) is 0 Å². The standard InChI is InChI=1S/C12H10N4S/c13-8-5-6-14-11(7-8)16-12-15-9-3-1-2-4-10(9)17-12/h1-7H,(H3,13,14,15,16). The van der Waals surface area contributed by atoms with Gasteiger partial charge in [0.05, 0.1) is 10.2 Å². The number of nitrogens with one attached hydrogen (secondary N) is 1. The van der Waals surface area contributed by atoms with E-state index in [1.54, 1.807) is 29.7 Å². The van der Waals surface area contributed by atoms with E-state index in [2.05, 4.69) is 15.3 Å². The van der Waals surface area contributed by atoms with E-state index < -0.39 is 0 Å². The molecule has 0 radical (unpaired) electrons. The lowest BCUT2D eigenvalue weighted by Gasteiger charge is -2.01. The molecule has 5 heteroatoms. The predicted molar refractivity (Wildman–Crippen MR) is 71.6 cm³/mol. The smallest absolute Gasteiger partial charge is 0.189 e. The molecule has 0 amide bonds. The van der Waals surface area contributed by atoms with Gasteiger partial charge < -0.3 is 11.1 Å². The third kappa shape index (κ3) is 2.05. The molecule has 3 aromatic rings. The lowest BCUT2D eigenvalue weighted by molar-refractivity contribution is 1.30. The van der Waals surface area contributed by atoms with Crippen LogP contribution in [0.3, 0.4) is 0 Å². The molecule has 4 nitrogen and oxygen atoms in total. The molecule has 3 N–H and O–H groups in total. The van der Waals surface area contributed by atoms with Crippen LogP contribution in [0.15, 0.2) is 42.6 Å². The number of nitrogens with zero attached hydrogens (tertiary/aromatic N) is 2. The van der Waals surface area contributed by atoms with Crippen molar-refractivity contribution in [3.05, 3.63) is 42.6 Å². The van der Waals surface area contributed by atoms with Gasteiger partial charge in [-0.15, -0.1) is 0 Å². The Bertz CT molecular complexity index is 629. The molecule has 1 aromatic carbocycles. The Kier molecular flexibility index (Phi) is 2.38. The van der Waals surface area contributed by atoms with Crippen molar-refractivity contribution >= 4 is 38.2 Å². The van der Waals surface area contributed by atoms with Crippen molar-refractivity contribution in [3.63, 3.8) is 0 Å². The third-order valence-corrected chi connectivity index (χ3v) is 3.26. The molecule has 0 spiro atoms. The first-order chi connectivity index (χ1) is 8.31. The molecule has 84 valence electrons. The monoisotopic (exact) mass is 242 g/mol. The van der Waals surface area contributed by atoms with Crippen molar-refractivity contribution in [1.82, 2.24) is 9.97 Å². The number of benzene rings is 1. The number of thiazole rings is 1. The SMILES string of the molecule is Nc1ccnc(Nc2nc3ccccc3s2)c1. The molecule has 2 aromatic heterocycles. The second kappa shape index (κ2) is 4.03. The number of pyridine rings is 1. The van der Waals surface area contributed by atoms with Gasteiger partial charge in [-0.3, -0.25) is 0 Å². The number of fused-ring (bicyclic) bond motifs is 1. The van der Waals surface area contributed by atoms with Gasteiger partial charge in [-0.25, -0.2) is 9.97 Å². The summed E-state index contributed by atoms with van der Waals surface area (Å²) in [7, 11) is 0. The summed E-state index contributed by atoms with van der Waals surface area (Å²) >= 11 is 1.59. The van der Waals surface area contributed by atoms with Crippen LogP contribution in [0.4, 0.5) is 16.6 Å². The van der Waals surface area contributed by atoms with Gasteiger partial charge in [0.1, 0.15) is 5.82 Å². The van der Waals surface area contributed by atoms with E-state index >= 15 is 0 Å². The molecular weight excluding hydrogens is 232 g/mol. The summed E-state index contributed by atoms with van der Waals surface area (Å²) in [6, 6.07) is 11.6. The fourth-order valence-corrected chi connectivity index (χ4v) is 2.42. The van der Waals surface area contributed by atoms with E-state index in [-0.39, 0.29) is 0 Å². The van der Waals surface area contributed by atoms with Crippen molar-refractivity contribution in [2.75, 3.05) is 11.1 Å². The van der Waals surface area contributed by atoms with Crippen LogP contribution >= 0.6 is 11.3 Å². The summed E-state index contributed by atoms with van der Waals surface area (Å²) in [6.07, 6.45) is 1.67.